The van der Waals surface area contributed by atoms with E-state index in [-0.39, 0.29) is 11.4 Å². The van der Waals surface area contributed by atoms with E-state index >= 15 is 0 Å². The standard InChI is InChI=1S/C13H13BrN4O2/c1-7-10(12(15)20)13(18(16)6-19)17-11(7)8-2-4-9(14)5-3-8/h2-6,17H,16H2,1H3,(H2,15,20). The van der Waals surface area contributed by atoms with Crippen LogP contribution in [0.1, 0.15) is 15.9 Å². The molecule has 2 amide bonds. The molecule has 0 saturated heterocycles. The number of nitrogens with zero attached hydrogens (tertiary/aromatic N) is 1. The number of nitrogens with one attached hydrogen (secondary N) is 1. The summed E-state index contributed by atoms with van der Waals surface area (Å²) in [5.74, 6) is 5.08. The van der Waals surface area contributed by atoms with Crippen molar-refractivity contribution in [2.75, 3.05) is 5.01 Å². The maximum atomic E-state index is 11.6. The number of aromatic amines is 1. The van der Waals surface area contributed by atoms with E-state index in [9.17, 15) is 9.59 Å². The van der Waals surface area contributed by atoms with Crippen LogP contribution in [-0.2, 0) is 4.79 Å². The average molecular weight is 337 g/mol. The van der Waals surface area contributed by atoms with E-state index < -0.39 is 5.91 Å². The van der Waals surface area contributed by atoms with Gasteiger partial charge >= 0.3 is 0 Å². The van der Waals surface area contributed by atoms with Gasteiger partial charge in [0.05, 0.1) is 11.3 Å². The van der Waals surface area contributed by atoms with E-state index in [2.05, 4.69) is 20.9 Å². The van der Waals surface area contributed by atoms with Gasteiger partial charge in [0.1, 0.15) is 5.82 Å². The fourth-order valence-corrected chi connectivity index (χ4v) is 2.29. The van der Waals surface area contributed by atoms with Gasteiger partial charge in [0.2, 0.25) is 6.41 Å². The van der Waals surface area contributed by atoms with Crippen LogP contribution in [0.4, 0.5) is 5.82 Å². The number of carbonyl (C=O) groups is 2. The molecule has 2 aromatic rings. The van der Waals surface area contributed by atoms with Crippen LogP contribution >= 0.6 is 15.9 Å². The zero-order valence-electron chi connectivity index (χ0n) is 10.7. The Balaban J connectivity index is 2.63. The topological polar surface area (TPSA) is 105 Å². The van der Waals surface area contributed by atoms with Crippen molar-refractivity contribution in [3.8, 4) is 11.3 Å². The second kappa shape index (κ2) is 5.48. The van der Waals surface area contributed by atoms with Gasteiger partial charge < -0.3 is 10.7 Å². The van der Waals surface area contributed by atoms with Crippen LogP contribution in [-0.4, -0.2) is 17.3 Å². The van der Waals surface area contributed by atoms with E-state index in [1.54, 1.807) is 6.92 Å². The van der Waals surface area contributed by atoms with Crippen molar-refractivity contribution in [2.45, 2.75) is 6.92 Å². The van der Waals surface area contributed by atoms with Gasteiger partial charge in [-0.05, 0) is 30.2 Å². The number of carbonyl (C=O) groups excluding carboxylic acids is 2. The Morgan fingerprint density at radius 1 is 1.35 bits per heavy atom. The summed E-state index contributed by atoms with van der Waals surface area (Å²) < 4.78 is 0.939. The van der Waals surface area contributed by atoms with E-state index in [4.69, 9.17) is 11.6 Å². The first-order valence-corrected chi connectivity index (χ1v) is 6.52. The smallest absolute Gasteiger partial charge is 0.252 e. The molecule has 104 valence electrons. The summed E-state index contributed by atoms with van der Waals surface area (Å²) in [6.07, 6.45) is 0.406. The molecule has 0 bridgehead atoms. The zero-order chi connectivity index (χ0) is 14.9. The van der Waals surface area contributed by atoms with Crippen LogP contribution in [0.5, 0.6) is 0 Å². The van der Waals surface area contributed by atoms with Gasteiger partial charge in [-0.1, -0.05) is 28.1 Å². The van der Waals surface area contributed by atoms with Crippen molar-refractivity contribution in [3.63, 3.8) is 0 Å². The van der Waals surface area contributed by atoms with Gasteiger partial charge in [-0.25, -0.2) is 10.9 Å². The van der Waals surface area contributed by atoms with Gasteiger partial charge in [-0.3, -0.25) is 9.59 Å². The summed E-state index contributed by atoms with van der Waals surface area (Å²) in [4.78, 5) is 25.3. The quantitative estimate of drug-likeness (QED) is 0.342. The minimum atomic E-state index is -0.644. The average Bonchev–Trinajstić information content (AvgIpc) is 2.76. The molecule has 0 aliphatic rings. The van der Waals surface area contributed by atoms with Gasteiger partial charge in [0, 0.05) is 4.47 Å². The summed E-state index contributed by atoms with van der Waals surface area (Å²) in [5, 5.41) is 0.801. The normalized spacial score (nSPS) is 10.3. The first-order chi connectivity index (χ1) is 9.45. The summed E-state index contributed by atoms with van der Waals surface area (Å²) in [5.41, 5.74) is 7.76. The minimum Gasteiger partial charge on any atom is -0.365 e. The van der Waals surface area contributed by atoms with Gasteiger partial charge in [-0.15, -0.1) is 0 Å². The number of H-pyrrole nitrogens is 1. The van der Waals surface area contributed by atoms with Crippen LogP contribution in [0.2, 0.25) is 0 Å². The summed E-state index contributed by atoms with van der Waals surface area (Å²) in [6, 6.07) is 7.50. The molecule has 1 heterocycles. The van der Waals surface area contributed by atoms with E-state index in [1.807, 2.05) is 24.3 Å². The first kappa shape index (κ1) is 14.3. The minimum absolute atomic E-state index is 0.183. The number of halogens is 1. The van der Waals surface area contributed by atoms with Gasteiger partial charge in [0.25, 0.3) is 5.91 Å². The monoisotopic (exact) mass is 336 g/mol. The van der Waals surface area contributed by atoms with E-state index in [1.165, 1.54) is 0 Å². The molecule has 0 unspecified atom stereocenters. The molecule has 0 atom stereocenters. The predicted octanol–water partition coefficient (Wildman–Crippen LogP) is 1.69. The Hall–Kier alpha value is -2.12. The van der Waals surface area contributed by atoms with Crippen molar-refractivity contribution in [2.24, 2.45) is 11.6 Å². The maximum Gasteiger partial charge on any atom is 0.252 e. The Bertz CT molecular complexity index is 664. The molecule has 20 heavy (non-hydrogen) atoms. The number of rotatable bonds is 4. The van der Waals surface area contributed by atoms with Crippen LogP contribution in [0, 0.1) is 6.92 Å². The molecule has 0 saturated carbocycles. The molecule has 6 nitrogen and oxygen atoms in total. The van der Waals surface area contributed by atoms with Crippen molar-refractivity contribution in [3.05, 3.63) is 39.9 Å². The number of aromatic nitrogens is 1. The highest BCUT2D eigenvalue weighted by molar-refractivity contribution is 9.10. The molecular formula is C13H13BrN4O2. The van der Waals surface area contributed by atoms with Gasteiger partial charge in [-0.2, -0.15) is 0 Å². The molecule has 5 N–H and O–H groups in total. The SMILES string of the molecule is Cc1c(-c2ccc(Br)cc2)[nH]c(N(N)C=O)c1C(N)=O. The molecular weight excluding hydrogens is 324 g/mol. The molecule has 0 spiro atoms. The Morgan fingerprint density at radius 3 is 2.45 bits per heavy atom. The van der Waals surface area contributed by atoms with Crippen molar-refractivity contribution in [1.82, 2.24) is 4.98 Å². The van der Waals surface area contributed by atoms with Crippen LogP contribution < -0.4 is 16.6 Å². The second-order valence-corrected chi connectivity index (χ2v) is 5.15. The molecule has 0 aliphatic carbocycles. The van der Waals surface area contributed by atoms with Crippen LogP contribution in [0.15, 0.2) is 28.7 Å². The van der Waals surface area contributed by atoms with Gasteiger partial charge in [0.15, 0.2) is 0 Å². The number of amides is 2. The lowest BCUT2D eigenvalue weighted by molar-refractivity contribution is -0.107. The fraction of sp³-hybridized carbons (Fsp3) is 0.0769. The number of nitrogens with two attached hydrogens (primary N) is 2. The fourth-order valence-electron chi connectivity index (χ4n) is 2.03. The Kier molecular flexibility index (Phi) is 3.91. The first-order valence-electron chi connectivity index (χ1n) is 5.73. The summed E-state index contributed by atoms with van der Waals surface area (Å²) in [6.45, 7) is 1.75. The predicted molar refractivity (Wildman–Crippen MR) is 79.9 cm³/mol. The number of hydrogen-bond donors (Lipinski definition) is 3. The van der Waals surface area contributed by atoms with Crippen molar-refractivity contribution in [1.29, 1.82) is 0 Å². The summed E-state index contributed by atoms with van der Waals surface area (Å²) in [7, 11) is 0. The Morgan fingerprint density at radius 2 is 1.95 bits per heavy atom. The molecule has 0 aliphatic heterocycles. The highest BCUT2D eigenvalue weighted by atomic mass is 79.9. The highest BCUT2D eigenvalue weighted by Gasteiger charge is 2.22. The zero-order valence-corrected chi connectivity index (χ0v) is 12.3. The lowest BCUT2D eigenvalue weighted by Crippen LogP contribution is -2.31. The third-order valence-electron chi connectivity index (χ3n) is 2.98. The number of primary amides is 1. The highest BCUT2D eigenvalue weighted by Crippen LogP contribution is 2.31. The Labute approximate surface area is 123 Å². The molecule has 1 aromatic carbocycles. The number of hydrogen-bond acceptors (Lipinski definition) is 3. The van der Waals surface area contributed by atoms with Crippen LogP contribution in [0.3, 0.4) is 0 Å². The third-order valence-corrected chi connectivity index (χ3v) is 3.51. The van der Waals surface area contributed by atoms with E-state index in [0.717, 1.165) is 15.0 Å². The number of hydrazine groups is 1. The molecule has 7 heteroatoms. The van der Waals surface area contributed by atoms with Crippen molar-refractivity contribution < 1.29 is 9.59 Å². The lowest BCUT2D eigenvalue weighted by Gasteiger charge is -2.09. The lowest BCUT2D eigenvalue weighted by atomic mass is 10.1. The van der Waals surface area contributed by atoms with E-state index in [0.29, 0.717) is 17.7 Å². The van der Waals surface area contributed by atoms with Crippen LogP contribution in [0.25, 0.3) is 11.3 Å². The number of benzene rings is 1. The molecule has 0 radical (unpaired) electrons. The number of anilines is 1. The molecule has 2 rings (SSSR count). The molecule has 0 fully saturated rings. The second-order valence-electron chi connectivity index (χ2n) is 4.23. The van der Waals surface area contributed by atoms with Crippen molar-refractivity contribution >= 4 is 34.1 Å². The maximum absolute atomic E-state index is 11.6. The molecule has 1 aromatic heterocycles. The summed E-state index contributed by atoms with van der Waals surface area (Å²) >= 11 is 3.35. The largest absolute Gasteiger partial charge is 0.365 e. The third kappa shape index (κ3) is 2.45.